The largest absolute Gasteiger partial charge is 0.514 e. The van der Waals surface area contributed by atoms with E-state index in [1.165, 1.54) is 82.7 Å². The smallest absolute Gasteiger partial charge is 0.493 e. The van der Waals surface area contributed by atoms with E-state index < -0.39 is 66.3 Å². The second-order valence-corrected chi connectivity index (χ2v) is 17.7. The molecule has 0 fully saturated rings. The average molecular weight is 1080 g/mol. The number of esters is 2. The first-order chi connectivity index (χ1) is 34.9. The van der Waals surface area contributed by atoms with Crippen LogP contribution in [-0.2, 0) is 23.8 Å². The maximum Gasteiger partial charge on any atom is 0.514 e. The Kier molecular flexibility index (Phi) is 24.5. The van der Waals surface area contributed by atoms with Crippen molar-refractivity contribution in [3.63, 3.8) is 0 Å². The van der Waals surface area contributed by atoms with Crippen molar-refractivity contribution < 1.29 is 86.6 Å². The van der Waals surface area contributed by atoms with Gasteiger partial charge in [-0.1, -0.05) is 0 Å². The number of aliphatic hydroxyl groups excluding tert-OH is 1. The lowest BCUT2D eigenvalue weighted by Crippen LogP contribution is -2.24. The Morgan fingerprint density at radius 2 is 0.947 bits per heavy atom. The molecule has 26 nitrogen and oxygen atoms in total. The standard InChI is InChI=1S/C24H28N2O11.C17H25NO7.C7H4ClNO4/c1-15(35-23(28)36-17-10-8-16(9-11-17)25(29)30)18-13-20(33-5)21(14-19(18)26(31)32)34-12-6-7-22(27)37-24(2,3)4;1-11(19)12-9-14(23-5)15(10-13(12)18(21)22)24-8-6-7-16(20)25-17(2,3)4;8-7(10)13-6-3-1-5(2-4-6)9(11)12/h8-11,13-15H,6-7,12H2,1-5H3;9-11,19H,6-8H2,1-5H3;1-4H. The van der Waals surface area contributed by atoms with Crippen LogP contribution in [0.3, 0.4) is 0 Å². The van der Waals surface area contributed by atoms with Crippen LogP contribution in [0.5, 0.6) is 34.5 Å². The van der Waals surface area contributed by atoms with Crippen LogP contribution >= 0.6 is 11.6 Å². The maximum atomic E-state index is 12.2. The summed E-state index contributed by atoms with van der Waals surface area (Å²) >= 11 is 4.92. The first-order valence-corrected chi connectivity index (χ1v) is 22.7. The number of halogens is 1. The number of ether oxygens (including phenoxy) is 9. The molecule has 0 saturated carbocycles. The van der Waals surface area contributed by atoms with E-state index in [2.05, 4.69) is 4.74 Å². The van der Waals surface area contributed by atoms with Gasteiger partial charge in [0.2, 0.25) is 0 Å². The summed E-state index contributed by atoms with van der Waals surface area (Å²) in [5.41, 5.74) is -2.88. The molecule has 408 valence electrons. The highest BCUT2D eigenvalue weighted by molar-refractivity contribution is 6.61. The Morgan fingerprint density at radius 1 is 0.573 bits per heavy atom. The minimum Gasteiger partial charge on any atom is -0.493 e. The highest BCUT2D eigenvalue weighted by Gasteiger charge is 2.28. The summed E-state index contributed by atoms with van der Waals surface area (Å²) in [7, 11) is 2.74. The number of rotatable bonds is 21. The predicted molar refractivity (Wildman–Crippen MR) is 265 cm³/mol. The molecule has 0 aromatic heterocycles. The minimum absolute atomic E-state index is 0.00925. The summed E-state index contributed by atoms with van der Waals surface area (Å²) in [6.07, 6.45) is -2.34. The van der Waals surface area contributed by atoms with Crippen LogP contribution in [-0.4, -0.2) is 87.0 Å². The number of benzene rings is 4. The van der Waals surface area contributed by atoms with Crippen LogP contribution in [0, 0.1) is 40.5 Å². The Hall–Kier alpha value is -8.39. The third-order valence-corrected chi connectivity index (χ3v) is 9.16. The number of nitro benzene ring substituents is 4. The molecule has 75 heavy (non-hydrogen) atoms. The monoisotopic (exact) mass is 1080 g/mol. The fourth-order valence-electron chi connectivity index (χ4n) is 5.93. The predicted octanol–water partition coefficient (Wildman–Crippen LogP) is 10.8. The molecule has 4 rings (SSSR count). The van der Waals surface area contributed by atoms with Gasteiger partial charge in [-0.25, -0.2) is 9.59 Å². The first-order valence-electron chi connectivity index (χ1n) is 22.3. The third kappa shape index (κ3) is 22.9. The van der Waals surface area contributed by atoms with Crippen molar-refractivity contribution in [3.05, 3.63) is 124 Å². The Labute approximate surface area is 434 Å². The number of non-ortho nitro benzene ring substituents is 2. The second kappa shape index (κ2) is 29.3. The summed E-state index contributed by atoms with van der Waals surface area (Å²) in [5, 5.41) is 53.5. The van der Waals surface area contributed by atoms with E-state index in [4.69, 9.17) is 49.5 Å². The van der Waals surface area contributed by atoms with Crippen molar-refractivity contribution in [3.8, 4) is 34.5 Å². The molecule has 0 bridgehead atoms. The fourth-order valence-corrected chi connectivity index (χ4v) is 6.01. The zero-order valence-electron chi connectivity index (χ0n) is 42.5. The normalized spacial score (nSPS) is 11.5. The SMILES string of the molecule is COc1cc(C(C)O)c([N+](=O)[O-])cc1OCCCC(=O)OC(C)(C)C.COc1cc(C(C)OC(=O)Oc2ccc([N+](=O)[O-])cc2)c([N+](=O)[O-])cc1OCCCC(=O)OC(C)(C)C.O=C(Cl)Oc1ccc([N+](=O)[O-])cc1. The van der Waals surface area contributed by atoms with Gasteiger partial charge in [0.05, 0.1) is 76.5 Å². The highest BCUT2D eigenvalue weighted by atomic mass is 35.5. The van der Waals surface area contributed by atoms with E-state index >= 15 is 0 Å². The van der Waals surface area contributed by atoms with Crippen molar-refractivity contribution in [2.45, 2.75) is 104 Å². The zero-order chi connectivity index (χ0) is 56.8. The number of hydrogen-bond donors (Lipinski definition) is 1. The van der Waals surface area contributed by atoms with Gasteiger partial charge in [-0.3, -0.25) is 50.0 Å². The molecule has 0 heterocycles. The van der Waals surface area contributed by atoms with Gasteiger partial charge < -0.3 is 47.7 Å². The van der Waals surface area contributed by atoms with Crippen molar-refractivity contribution in [1.82, 2.24) is 0 Å². The molecule has 0 aliphatic rings. The lowest BCUT2D eigenvalue weighted by atomic mass is 10.1. The van der Waals surface area contributed by atoms with E-state index in [9.17, 15) is 64.7 Å². The second-order valence-electron chi connectivity index (χ2n) is 17.3. The van der Waals surface area contributed by atoms with Gasteiger partial charge in [-0.05, 0) is 105 Å². The number of methoxy groups -OCH3 is 2. The van der Waals surface area contributed by atoms with E-state index in [0.717, 1.165) is 18.2 Å². The van der Waals surface area contributed by atoms with Gasteiger partial charge in [-0.2, -0.15) is 0 Å². The van der Waals surface area contributed by atoms with Gasteiger partial charge in [0.15, 0.2) is 23.0 Å². The summed E-state index contributed by atoms with van der Waals surface area (Å²) in [6, 6.07) is 14.8. The summed E-state index contributed by atoms with van der Waals surface area (Å²) < 4.78 is 46.6. The van der Waals surface area contributed by atoms with Crippen molar-refractivity contribution >= 4 is 57.9 Å². The molecule has 4 aromatic carbocycles. The van der Waals surface area contributed by atoms with Gasteiger partial charge in [0.1, 0.15) is 28.8 Å². The number of carbonyl (C=O) groups is 4. The van der Waals surface area contributed by atoms with Crippen LogP contribution in [0.25, 0.3) is 0 Å². The quantitative estimate of drug-likeness (QED) is 0.0154. The third-order valence-electron chi connectivity index (χ3n) is 9.08. The molecular formula is C48H57ClN4O22. The zero-order valence-corrected chi connectivity index (χ0v) is 43.3. The van der Waals surface area contributed by atoms with Gasteiger partial charge >= 0.3 is 23.5 Å². The van der Waals surface area contributed by atoms with E-state index in [1.807, 2.05) is 0 Å². The topological polar surface area (TPSA) is 344 Å². The molecule has 0 aliphatic heterocycles. The molecule has 4 aromatic rings. The van der Waals surface area contributed by atoms with Crippen molar-refractivity contribution in [1.29, 1.82) is 0 Å². The van der Waals surface area contributed by atoms with Crippen molar-refractivity contribution in [2.24, 2.45) is 0 Å². The van der Waals surface area contributed by atoms with E-state index in [0.29, 0.717) is 12.8 Å². The van der Waals surface area contributed by atoms with Gasteiger partial charge in [0, 0.05) is 48.7 Å². The minimum atomic E-state index is -1.17. The Morgan fingerprint density at radius 3 is 1.28 bits per heavy atom. The van der Waals surface area contributed by atoms with Crippen LogP contribution < -0.4 is 28.4 Å². The Balaban J connectivity index is 0.000000433. The van der Waals surface area contributed by atoms with Crippen LogP contribution in [0.2, 0.25) is 0 Å². The number of carbonyl (C=O) groups excluding carboxylic acids is 4. The maximum absolute atomic E-state index is 12.2. The molecule has 0 radical (unpaired) electrons. The highest BCUT2D eigenvalue weighted by Crippen LogP contribution is 2.40. The number of aliphatic hydroxyl groups is 1. The molecule has 2 atom stereocenters. The fraction of sp³-hybridized carbons (Fsp3) is 0.417. The van der Waals surface area contributed by atoms with Gasteiger partial charge in [-0.15, -0.1) is 0 Å². The molecule has 27 heteroatoms. The van der Waals surface area contributed by atoms with Gasteiger partial charge in [0.25, 0.3) is 22.7 Å². The molecule has 2 unspecified atom stereocenters. The average Bonchev–Trinajstić information content (AvgIpc) is 3.30. The molecule has 0 amide bonds. The molecular weight excluding hydrogens is 1020 g/mol. The number of nitrogens with zero attached hydrogens (tertiary/aromatic N) is 4. The molecule has 0 saturated heterocycles. The number of nitro groups is 4. The number of hydrogen-bond acceptors (Lipinski definition) is 22. The lowest BCUT2D eigenvalue weighted by molar-refractivity contribution is -0.386. The Bertz CT molecular complexity index is 2630. The van der Waals surface area contributed by atoms with E-state index in [1.54, 1.807) is 41.5 Å². The van der Waals surface area contributed by atoms with Crippen LogP contribution in [0.15, 0.2) is 72.8 Å². The summed E-state index contributed by atoms with van der Waals surface area (Å²) in [4.78, 5) is 87.3. The van der Waals surface area contributed by atoms with Crippen molar-refractivity contribution in [2.75, 3.05) is 27.4 Å². The molecule has 1 N–H and O–H groups in total. The molecule has 0 spiro atoms. The van der Waals surface area contributed by atoms with E-state index in [-0.39, 0.29) is 94.7 Å². The van der Waals surface area contributed by atoms with Crippen LogP contribution in [0.4, 0.5) is 32.3 Å². The lowest BCUT2D eigenvalue weighted by Gasteiger charge is -2.19. The van der Waals surface area contributed by atoms with Crippen LogP contribution in [0.1, 0.15) is 104 Å². The summed E-state index contributed by atoms with van der Waals surface area (Å²) in [6.45, 7) is 13.7. The summed E-state index contributed by atoms with van der Waals surface area (Å²) in [5.74, 6) is 0.117. The first kappa shape index (κ1) is 62.7. The molecule has 0 aliphatic carbocycles.